The van der Waals surface area contributed by atoms with Crippen molar-refractivity contribution in [2.24, 2.45) is 0 Å². The van der Waals surface area contributed by atoms with Gasteiger partial charge >= 0.3 is 0 Å². The molecule has 0 fully saturated rings. The van der Waals surface area contributed by atoms with Crippen molar-refractivity contribution in [1.29, 1.82) is 0 Å². The molecule has 6 nitrogen and oxygen atoms in total. The molecule has 0 saturated heterocycles. The maximum atomic E-state index is 11.9. The van der Waals surface area contributed by atoms with E-state index in [0.29, 0.717) is 29.3 Å². The van der Waals surface area contributed by atoms with E-state index < -0.39 is 0 Å². The van der Waals surface area contributed by atoms with Crippen LogP contribution in [0.25, 0.3) is 11.3 Å². The molecule has 0 spiro atoms. The Morgan fingerprint density at radius 1 is 1.23 bits per heavy atom. The SMILES string of the molecule is CCCNCc1cc(-c2cc(OC)ccc2OC)n[nH]c1=O. The minimum atomic E-state index is -0.186. The van der Waals surface area contributed by atoms with Gasteiger partial charge in [0.05, 0.1) is 19.9 Å². The fraction of sp³-hybridized carbons (Fsp3) is 0.375. The van der Waals surface area contributed by atoms with Crippen molar-refractivity contribution in [2.75, 3.05) is 20.8 Å². The molecule has 0 unspecified atom stereocenters. The quantitative estimate of drug-likeness (QED) is 0.765. The maximum Gasteiger partial charge on any atom is 0.268 e. The van der Waals surface area contributed by atoms with Crippen molar-refractivity contribution in [1.82, 2.24) is 15.5 Å². The van der Waals surface area contributed by atoms with E-state index >= 15 is 0 Å². The van der Waals surface area contributed by atoms with Gasteiger partial charge < -0.3 is 14.8 Å². The predicted molar refractivity (Wildman–Crippen MR) is 85.4 cm³/mol. The highest BCUT2D eigenvalue weighted by Crippen LogP contribution is 2.31. The Balaban J connectivity index is 2.40. The highest BCUT2D eigenvalue weighted by atomic mass is 16.5. The van der Waals surface area contributed by atoms with Crippen LogP contribution in [0.1, 0.15) is 18.9 Å². The van der Waals surface area contributed by atoms with Gasteiger partial charge in [-0.3, -0.25) is 4.79 Å². The number of hydrogen-bond acceptors (Lipinski definition) is 5. The van der Waals surface area contributed by atoms with Crippen LogP contribution >= 0.6 is 0 Å². The van der Waals surface area contributed by atoms with E-state index in [9.17, 15) is 4.79 Å². The minimum Gasteiger partial charge on any atom is -0.497 e. The van der Waals surface area contributed by atoms with Gasteiger partial charge in [-0.1, -0.05) is 6.92 Å². The van der Waals surface area contributed by atoms with Gasteiger partial charge in [0.25, 0.3) is 5.56 Å². The van der Waals surface area contributed by atoms with Crippen molar-refractivity contribution >= 4 is 0 Å². The summed E-state index contributed by atoms with van der Waals surface area (Å²) in [6, 6.07) is 7.25. The zero-order valence-corrected chi connectivity index (χ0v) is 13.1. The Kier molecular flexibility index (Phi) is 5.55. The van der Waals surface area contributed by atoms with E-state index in [1.165, 1.54) is 0 Å². The van der Waals surface area contributed by atoms with Crippen molar-refractivity contribution in [3.05, 3.63) is 40.2 Å². The van der Waals surface area contributed by atoms with Crippen LogP contribution in [0.15, 0.2) is 29.1 Å². The van der Waals surface area contributed by atoms with E-state index in [0.717, 1.165) is 18.5 Å². The Morgan fingerprint density at radius 2 is 2.05 bits per heavy atom. The van der Waals surface area contributed by atoms with Crippen molar-refractivity contribution in [2.45, 2.75) is 19.9 Å². The number of benzene rings is 1. The normalized spacial score (nSPS) is 10.5. The number of nitrogens with zero attached hydrogens (tertiary/aromatic N) is 1. The van der Waals surface area contributed by atoms with Crippen LogP contribution < -0.4 is 20.3 Å². The highest BCUT2D eigenvalue weighted by Gasteiger charge is 2.11. The number of aromatic amines is 1. The minimum absolute atomic E-state index is 0.186. The lowest BCUT2D eigenvalue weighted by atomic mass is 10.1. The molecule has 0 bridgehead atoms. The van der Waals surface area contributed by atoms with Gasteiger partial charge in [0.1, 0.15) is 11.5 Å². The Bertz CT molecular complexity index is 683. The molecular weight excluding hydrogens is 282 g/mol. The zero-order valence-electron chi connectivity index (χ0n) is 13.1. The predicted octanol–water partition coefficient (Wildman–Crippen LogP) is 1.95. The van der Waals surface area contributed by atoms with Gasteiger partial charge in [-0.25, -0.2) is 5.10 Å². The monoisotopic (exact) mass is 303 g/mol. The van der Waals surface area contributed by atoms with Gasteiger partial charge in [0, 0.05) is 17.7 Å². The van der Waals surface area contributed by atoms with Gasteiger partial charge in [0.2, 0.25) is 0 Å². The molecule has 0 radical (unpaired) electrons. The topological polar surface area (TPSA) is 76.2 Å². The van der Waals surface area contributed by atoms with Gasteiger partial charge in [0.15, 0.2) is 0 Å². The lowest BCUT2D eigenvalue weighted by Crippen LogP contribution is -2.22. The first-order chi connectivity index (χ1) is 10.7. The molecule has 0 aliphatic carbocycles. The van der Waals surface area contributed by atoms with Gasteiger partial charge in [-0.15, -0.1) is 0 Å². The third kappa shape index (κ3) is 3.65. The largest absolute Gasteiger partial charge is 0.497 e. The smallest absolute Gasteiger partial charge is 0.268 e. The number of aromatic nitrogens is 2. The number of hydrogen-bond donors (Lipinski definition) is 2. The van der Waals surface area contributed by atoms with E-state index in [1.807, 2.05) is 18.2 Å². The number of ether oxygens (including phenoxy) is 2. The molecule has 1 aromatic carbocycles. The van der Waals surface area contributed by atoms with Crippen LogP contribution in [-0.4, -0.2) is 31.0 Å². The molecule has 6 heteroatoms. The second-order valence-electron chi connectivity index (χ2n) is 4.85. The highest BCUT2D eigenvalue weighted by molar-refractivity contribution is 5.69. The summed E-state index contributed by atoms with van der Waals surface area (Å²) >= 11 is 0. The molecule has 0 atom stereocenters. The lowest BCUT2D eigenvalue weighted by Gasteiger charge is -2.10. The molecule has 118 valence electrons. The average molecular weight is 303 g/mol. The fourth-order valence-electron chi connectivity index (χ4n) is 2.13. The summed E-state index contributed by atoms with van der Waals surface area (Å²) in [7, 11) is 3.20. The standard InChI is InChI=1S/C16H21N3O3/c1-4-7-17-10-11-8-14(18-19-16(11)20)13-9-12(21-2)5-6-15(13)22-3/h5-6,8-9,17H,4,7,10H2,1-3H3,(H,19,20). The lowest BCUT2D eigenvalue weighted by molar-refractivity contribution is 0.404. The molecule has 2 aromatic rings. The molecule has 22 heavy (non-hydrogen) atoms. The Labute approximate surface area is 129 Å². The second kappa shape index (κ2) is 7.61. The summed E-state index contributed by atoms with van der Waals surface area (Å²) in [5, 5.41) is 9.88. The molecular formula is C16H21N3O3. The van der Waals surface area contributed by atoms with Gasteiger partial charge in [-0.05, 0) is 37.2 Å². The van der Waals surface area contributed by atoms with Crippen LogP contribution in [0.2, 0.25) is 0 Å². The third-order valence-electron chi connectivity index (χ3n) is 3.31. The maximum absolute atomic E-state index is 11.9. The molecule has 0 saturated carbocycles. The number of nitrogens with one attached hydrogen (secondary N) is 2. The first-order valence-corrected chi connectivity index (χ1v) is 7.21. The zero-order chi connectivity index (χ0) is 15.9. The summed E-state index contributed by atoms with van der Waals surface area (Å²) in [6.07, 6.45) is 1.01. The summed E-state index contributed by atoms with van der Waals surface area (Å²) in [4.78, 5) is 11.9. The first-order valence-electron chi connectivity index (χ1n) is 7.21. The Hall–Kier alpha value is -2.34. The Morgan fingerprint density at radius 3 is 2.73 bits per heavy atom. The third-order valence-corrected chi connectivity index (χ3v) is 3.31. The molecule has 2 N–H and O–H groups in total. The summed E-state index contributed by atoms with van der Waals surface area (Å²) in [6.45, 7) is 3.45. The number of methoxy groups -OCH3 is 2. The first kappa shape index (κ1) is 16.0. The van der Waals surface area contributed by atoms with Crippen LogP contribution in [0.3, 0.4) is 0 Å². The van der Waals surface area contributed by atoms with Gasteiger partial charge in [-0.2, -0.15) is 5.10 Å². The molecule has 1 heterocycles. The van der Waals surface area contributed by atoms with Crippen LogP contribution in [-0.2, 0) is 6.54 Å². The number of H-pyrrole nitrogens is 1. The molecule has 0 aliphatic heterocycles. The molecule has 0 aliphatic rings. The summed E-state index contributed by atoms with van der Waals surface area (Å²) in [5.41, 5.74) is 1.87. The van der Waals surface area contributed by atoms with Crippen molar-refractivity contribution < 1.29 is 9.47 Å². The van der Waals surface area contributed by atoms with E-state index in [1.54, 1.807) is 20.3 Å². The van der Waals surface area contributed by atoms with Crippen LogP contribution in [0, 0.1) is 0 Å². The van der Waals surface area contributed by atoms with E-state index in [4.69, 9.17) is 9.47 Å². The fourth-order valence-corrected chi connectivity index (χ4v) is 2.13. The summed E-state index contributed by atoms with van der Waals surface area (Å²) < 4.78 is 10.6. The number of rotatable bonds is 7. The second-order valence-corrected chi connectivity index (χ2v) is 4.85. The van der Waals surface area contributed by atoms with Crippen LogP contribution in [0.5, 0.6) is 11.5 Å². The van der Waals surface area contributed by atoms with Crippen molar-refractivity contribution in [3.8, 4) is 22.8 Å². The van der Waals surface area contributed by atoms with Crippen LogP contribution in [0.4, 0.5) is 0 Å². The molecule has 0 amide bonds. The summed E-state index contributed by atoms with van der Waals surface area (Å²) in [5.74, 6) is 1.38. The van der Waals surface area contributed by atoms with Crippen molar-refractivity contribution in [3.63, 3.8) is 0 Å². The average Bonchev–Trinajstić information content (AvgIpc) is 2.56. The molecule has 2 rings (SSSR count). The van der Waals surface area contributed by atoms with E-state index in [-0.39, 0.29) is 5.56 Å². The molecule has 1 aromatic heterocycles. The van der Waals surface area contributed by atoms with E-state index in [2.05, 4.69) is 22.4 Å².